The van der Waals surface area contributed by atoms with Gasteiger partial charge in [-0.05, 0) is 65.0 Å². The standard InChI is InChI=1S/C24H38N6O2.HI/c1-18-28-20-9-6-7-10-21(20)30(18)14-8-13-26-22(25-5)27-17-19-11-15-29(16-12-19)23(31)32-24(2,3)4;/h6-7,9-10,19H,8,11-17H2,1-5H3,(H2,25,26,27);1H. The number of guanidine groups is 1. The van der Waals surface area contributed by atoms with Crippen LogP contribution < -0.4 is 10.6 Å². The van der Waals surface area contributed by atoms with Crippen molar-refractivity contribution < 1.29 is 9.53 Å². The van der Waals surface area contributed by atoms with Crippen molar-refractivity contribution in [1.29, 1.82) is 0 Å². The van der Waals surface area contributed by atoms with Gasteiger partial charge in [0.2, 0.25) is 0 Å². The number of hydrogen-bond acceptors (Lipinski definition) is 4. The SMILES string of the molecule is CN=C(NCCCn1c(C)nc2ccccc21)NCC1CCN(C(=O)OC(C)(C)C)CC1.I. The number of aliphatic imine (C=N–C) groups is 1. The Morgan fingerprint density at radius 2 is 1.91 bits per heavy atom. The highest BCUT2D eigenvalue weighted by Gasteiger charge is 2.26. The highest BCUT2D eigenvalue weighted by molar-refractivity contribution is 14.0. The molecule has 33 heavy (non-hydrogen) atoms. The van der Waals surface area contributed by atoms with Crippen LogP contribution in [0, 0.1) is 12.8 Å². The van der Waals surface area contributed by atoms with Crippen molar-refractivity contribution in [2.24, 2.45) is 10.9 Å². The normalized spacial score (nSPS) is 15.3. The summed E-state index contributed by atoms with van der Waals surface area (Å²) in [7, 11) is 1.80. The Kier molecular flexibility index (Phi) is 10.2. The van der Waals surface area contributed by atoms with Gasteiger partial charge >= 0.3 is 6.09 Å². The Bertz CT molecular complexity index is 929. The summed E-state index contributed by atoms with van der Waals surface area (Å²) in [6.07, 6.45) is 2.71. The van der Waals surface area contributed by atoms with E-state index in [1.807, 2.05) is 31.7 Å². The maximum atomic E-state index is 12.2. The van der Waals surface area contributed by atoms with Crippen molar-refractivity contribution in [1.82, 2.24) is 25.1 Å². The smallest absolute Gasteiger partial charge is 0.410 e. The third kappa shape index (κ3) is 8.04. The number of halogens is 1. The molecule has 2 heterocycles. The molecule has 0 radical (unpaired) electrons. The summed E-state index contributed by atoms with van der Waals surface area (Å²) < 4.78 is 7.75. The Morgan fingerprint density at radius 3 is 2.58 bits per heavy atom. The summed E-state index contributed by atoms with van der Waals surface area (Å²) in [5.41, 5.74) is 1.79. The number of hydrogen-bond donors (Lipinski definition) is 2. The molecule has 0 bridgehead atoms. The first kappa shape index (κ1) is 27.2. The van der Waals surface area contributed by atoms with E-state index in [0.29, 0.717) is 5.92 Å². The zero-order chi connectivity index (χ0) is 23.1. The predicted molar refractivity (Wildman–Crippen MR) is 144 cm³/mol. The van der Waals surface area contributed by atoms with Crippen LogP contribution in [0.4, 0.5) is 4.79 Å². The minimum absolute atomic E-state index is 0. The Balaban J connectivity index is 0.00000385. The van der Waals surface area contributed by atoms with Crippen LogP contribution in [0.2, 0.25) is 0 Å². The first-order valence-electron chi connectivity index (χ1n) is 11.6. The predicted octanol–water partition coefficient (Wildman–Crippen LogP) is 4.16. The van der Waals surface area contributed by atoms with Crippen molar-refractivity contribution in [3.8, 4) is 0 Å². The summed E-state index contributed by atoms with van der Waals surface area (Å²) in [5.74, 6) is 2.39. The molecule has 1 aromatic heterocycles. The average Bonchev–Trinajstić information content (AvgIpc) is 3.07. The largest absolute Gasteiger partial charge is 0.444 e. The van der Waals surface area contributed by atoms with E-state index < -0.39 is 5.60 Å². The van der Waals surface area contributed by atoms with E-state index in [0.717, 1.165) is 69.3 Å². The van der Waals surface area contributed by atoms with Gasteiger partial charge < -0.3 is 24.8 Å². The van der Waals surface area contributed by atoms with Gasteiger partial charge in [0.1, 0.15) is 11.4 Å². The molecule has 184 valence electrons. The van der Waals surface area contributed by atoms with Crippen LogP contribution in [-0.4, -0.2) is 65.3 Å². The molecule has 0 atom stereocenters. The molecule has 2 N–H and O–H groups in total. The van der Waals surface area contributed by atoms with Crippen LogP contribution >= 0.6 is 24.0 Å². The number of carbonyl (C=O) groups is 1. The summed E-state index contributed by atoms with van der Waals surface area (Å²) in [4.78, 5) is 23.0. The second-order valence-corrected chi connectivity index (χ2v) is 9.44. The van der Waals surface area contributed by atoms with Crippen molar-refractivity contribution in [2.75, 3.05) is 33.2 Å². The molecule has 0 unspecified atom stereocenters. The maximum Gasteiger partial charge on any atom is 0.410 e. The number of aromatic nitrogens is 2. The summed E-state index contributed by atoms with van der Waals surface area (Å²) in [5, 5.41) is 6.85. The highest BCUT2D eigenvalue weighted by Crippen LogP contribution is 2.19. The molecule has 0 saturated carbocycles. The molecule has 0 spiro atoms. The topological polar surface area (TPSA) is 83.8 Å². The molecule has 2 aromatic rings. The molecular weight excluding hydrogens is 531 g/mol. The number of rotatable bonds is 6. The molecule has 9 heteroatoms. The number of fused-ring (bicyclic) bond motifs is 1. The van der Waals surface area contributed by atoms with Crippen LogP contribution in [0.5, 0.6) is 0 Å². The first-order chi connectivity index (χ1) is 15.3. The van der Waals surface area contributed by atoms with E-state index in [1.165, 1.54) is 5.52 Å². The van der Waals surface area contributed by atoms with Crippen LogP contribution in [-0.2, 0) is 11.3 Å². The van der Waals surface area contributed by atoms with Crippen molar-refractivity contribution in [3.63, 3.8) is 0 Å². The fourth-order valence-corrected chi connectivity index (χ4v) is 4.03. The van der Waals surface area contributed by atoms with Gasteiger partial charge in [0, 0.05) is 39.8 Å². The summed E-state index contributed by atoms with van der Waals surface area (Å²) in [6.45, 7) is 11.9. The quantitative estimate of drug-likeness (QED) is 0.236. The van der Waals surface area contributed by atoms with E-state index in [2.05, 4.69) is 50.3 Å². The van der Waals surface area contributed by atoms with Crippen molar-refractivity contribution >= 4 is 47.1 Å². The zero-order valence-electron chi connectivity index (χ0n) is 20.6. The molecule has 3 rings (SSSR count). The first-order valence-corrected chi connectivity index (χ1v) is 11.6. The molecule has 1 aromatic carbocycles. The van der Waals surface area contributed by atoms with Gasteiger partial charge in [0.05, 0.1) is 11.0 Å². The number of likely N-dealkylation sites (tertiary alicyclic amines) is 1. The van der Waals surface area contributed by atoms with E-state index in [4.69, 9.17) is 4.74 Å². The van der Waals surface area contributed by atoms with Crippen molar-refractivity contribution in [3.05, 3.63) is 30.1 Å². The lowest BCUT2D eigenvalue weighted by molar-refractivity contribution is 0.0185. The number of aryl methyl sites for hydroxylation is 2. The minimum atomic E-state index is -0.447. The molecule has 1 saturated heterocycles. The number of nitrogens with one attached hydrogen (secondary N) is 2. The Labute approximate surface area is 214 Å². The number of ether oxygens (including phenoxy) is 1. The number of amides is 1. The van der Waals surface area contributed by atoms with E-state index >= 15 is 0 Å². The van der Waals surface area contributed by atoms with Crippen LogP contribution in [0.25, 0.3) is 11.0 Å². The average molecular weight is 571 g/mol. The third-order valence-electron chi connectivity index (χ3n) is 5.74. The molecule has 8 nitrogen and oxygen atoms in total. The molecule has 1 fully saturated rings. The van der Waals surface area contributed by atoms with Gasteiger partial charge in [-0.15, -0.1) is 24.0 Å². The summed E-state index contributed by atoms with van der Waals surface area (Å²) in [6, 6.07) is 8.26. The molecule has 1 amide bonds. The number of nitrogens with zero attached hydrogens (tertiary/aromatic N) is 4. The number of carbonyl (C=O) groups excluding carboxylic acids is 1. The Hall–Kier alpha value is -2.04. The van der Waals surface area contributed by atoms with Crippen LogP contribution in [0.15, 0.2) is 29.3 Å². The lowest BCUT2D eigenvalue weighted by Crippen LogP contribution is -2.45. The lowest BCUT2D eigenvalue weighted by atomic mass is 9.97. The highest BCUT2D eigenvalue weighted by atomic mass is 127. The van der Waals surface area contributed by atoms with Gasteiger partial charge in [-0.1, -0.05) is 12.1 Å². The fourth-order valence-electron chi connectivity index (χ4n) is 4.03. The van der Waals surface area contributed by atoms with Gasteiger partial charge in [-0.3, -0.25) is 4.99 Å². The van der Waals surface area contributed by atoms with Crippen LogP contribution in [0.3, 0.4) is 0 Å². The van der Waals surface area contributed by atoms with E-state index in [1.54, 1.807) is 7.05 Å². The van der Waals surface area contributed by atoms with Crippen molar-refractivity contribution in [2.45, 2.75) is 59.1 Å². The second kappa shape index (κ2) is 12.4. The number of imidazole rings is 1. The lowest BCUT2D eigenvalue weighted by Gasteiger charge is -2.33. The van der Waals surface area contributed by atoms with Crippen LogP contribution in [0.1, 0.15) is 45.9 Å². The fraction of sp³-hybridized carbons (Fsp3) is 0.625. The molecule has 0 aliphatic carbocycles. The van der Waals surface area contributed by atoms with Gasteiger partial charge in [-0.2, -0.15) is 0 Å². The van der Waals surface area contributed by atoms with E-state index in [9.17, 15) is 4.79 Å². The Morgan fingerprint density at radius 1 is 1.21 bits per heavy atom. The molecule has 1 aliphatic rings. The van der Waals surface area contributed by atoms with Gasteiger partial charge in [-0.25, -0.2) is 9.78 Å². The second-order valence-electron chi connectivity index (χ2n) is 9.44. The minimum Gasteiger partial charge on any atom is -0.444 e. The monoisotopic (exact) mass is 570 g/mol. The number of piperidine rings is 1. The maximum absolute atomic E-state index is 12.2. The van der Waals surface area contributed by atoms with Gasteiger partial charge in [0.25, 0.3) is 0 Å². The molecule has 1 aliphatic heterocycles. The zero-order valence-corrected chi connectivity index (χ0v) is 22.9. The number of benzene rings is 1. The van der Waals surface area contributed by atoms with E-state index in [-0.39, 0.29) is 30.1 Å². The molecular formula is C24H39IN6O2. The van der Waals surface area contributed by atoms with Gasteiger partial charge in [0.15, 0.2) is 5.96 Å². The third-order valence-corrected chi connectivity index (χ3v) is 5.74. The number of para-hydroxylation sites is 2. The summed E-state index contributed by atoms with van der Waals surface area (Å²) >= 11 is 0.